The van der Waals surface area contributed by atoms with E-state index in [0.717, 1.165) is 23.3 Å². The molecule has 1 spiro atoms. The third-order valence-electron chi connectivity index (χ3n) is 3.51. The van der Waals surface area contributed by atoms with Gasteiger partial charge in [0.15, 0.2) is 5.79 Å². The lowest BCUT2D eigenvalue weighted by molar-refractivity contribution is -0.163. The van der Waals surface area contributed by atoms with Gasteiger partial charge >= 0.3 is 5.97 Å². The van der Waals surface area contributed by atoms with Crippen LogP contribution >= 0.6 is 11.3 Å². The molecule has 98 valence electrons. The van der Waals surface area contributed by atoms with Crippen LogP contribution in [0.1, 0.15) is 27.2 Å². The van der Waals surface area contributed by atoms with E-state index in [2.05, 4.69) is 0 Å². The van der Waals surface area contributed by atoms with Crippen molar-refractivity contribution in [3.8, 4) is 0 Å². The van der Waals surface area contributed by atoms with E-state index >= 15 is 0 Å². The molecule has 0 saturated carbocycles. The van der Waals surface area contributed by atoms with Crippen LogP contribution < -0.4 is 5.73 Å². The molecule has 0 unspecified atom stereocenters. The van der Waals surface area contributed by atoms with Gasteiger partial charge < -0.3 is 19.9 Å². The number of methoxy groups -OCH3 is 1. The van der Waals surface area contributed by atoms with Crippen LogP contribution in [0.2, 0.25) is 0 Å². The van der Waals surface area contributed by atoms with Gasteiger partial charge in [-0.1, -0.05) is 0 Å². The Labute approximate surface area is 109 Å². The van der Waals surface area contributed by atoms with E-state index in [9.17, 15) is 4.79 Å². The van der Waals surface area contributed by atoms with Gasteiger partial charge in [0.2, 0.25) is 0 Å². The Balaban J connectivity index is 1.96. The fourth-order valence-electron chi connectivity index (χ4n) is 2.66. The van der Waals surface area contributed by atoms with E-state index < -0.39 is 5.79 Å². The van der Waals surface area contributed by atoms with Crippen LogP contribution in [0, 0.1) is 0 Å². The van der Waals surface area contributed by atoms with Crippen molar-refractivity contribution >= 4 is 22.3 Å². The Morgan fingerprint density at radius 1 is 1.44 bits per heavy atom. The van der Waals surface area contributed by atoms with Crippen LogP contribution in [0.25, 0.3) is 0 Å². The van der Waals surface area contributed by atoms with Gasteiger partial charge in [-0.25, -0.2) is 4.79 Å². The number of anilines is 1. The number of nitrogen functional groups attached to an aromatic ring is 1. The number of carbonyl (C=O) groups is 1. The Hall–Kier alpha value is -1.11. The molecule has 2 heterocycles. The predicted molar refractivity (Wildman–Crippen MR) is 66.7 cm³/mol. The van der Waals surface area contributed by atoms with E-state index in [1.54, 1.807) is 0 Å². The number of carbonyl (C=O) groups excluding carboxylic acids is 1. The largest absolute Gasteiger partial charge is 0.465 e. The number of rotatable bonds is 1. The van der Waals surface area contributed by atoms with Crippen molar-refractivity contribution in [3.63, 3.8) is 0 Å². The standard InChI is InChI=1S/C12H15NO4S/c1-15-11(14)9-7-2-3-12(16-4-5-17-12)6-8(7)18-10(9)13/h2-6,13H2,1H3. The number of nitrogens with two attached hydrogens (primary N) is 1. The molecular formula is C12H15NO4S. The molecule has 0 aromatic carbocycles. The first-order valence-corrected chi connectivity index (χ1v) is 6.73. The number of ether oxygens (including phenoxy) is 3. The molecule has 6 heteroatoms. The summed E-state index contributed by atoms with van der Waals surface area (Å²) >= 11 is 1.44. The zero-order valence-corrected chi connectivity index (χ0v) is 11.0. The molecule has 1 fully saturated rings. The lowest BCUT2D eigenvalue weighted by Crippen LogP contribution is -2.36. The van der Waals surface area contributed by atoms with Crippen molar-refractivity contribution in [2.45, 2.75) is 25.0 Å². The summed E-state index contributed by atoms with van der Waals surface area (Å²) in [7, 11) is 1.37. The maximum Gasteiger partial charge on any atom is 0.341 e. The monoisotopic (exact) mass is 269 g/mol. The summed E-state index contributed by atoms with van der Waals surface area (Å²) in [5, 5.41) is 0.530. The first-order chi connectivity index (χ1) is 8.65. The maximum absolute atomic E-state index is 11.7. The molecule has 2 N–H and O–H groups in total. The average Bonchev–Trinajstić information content (AvgIpc) is 2.92. The highest BCUT2D eigenvalue weighted by Crippen LogP contribution is 2.42. The van der Waals surface area contributed by atoms with E-state index in [1.807, 2.05) is 0 Å². The SMILES string of the molecule is COC(=O)c1c(N)sc2c1CCC1(C2)OCCO1. The second-order valence-electron chi connectivity index (χ2n) is 4.52. The zero-order valence-electron chi connectivity index (χ0n) is 10.2. The average molecular weight is 269 g/mol. The molecular weight excluding hydrogens is 254 g/mol. The van der Waals surface area contributed by atoms with Crippen LogP contribution in [0.3, 0.4) is 0 Å². The summed E-state index contributed by atoms with van der Waals surface area (Å²) in [6.07, 6.45) is 2.18. The van der Waals surface area contributed by atoms with Crippen molar-refractivity contribution in [2.75, 3.05) is 26.1 Å². The van der Waals surface area contributed by atoms with Crippen molar-refractivity contribution in [1.29, 1.82) is 0 Å². The quantitative estimate of drug-likeness (QED) is 0.779. The Bertz CT molecular complexity index is 491. The van der Waals surface area contributed by atoms with Gasteiger partial charge in [0.25, 0.3) is 0 Å². The van der Waals surface area contributed by atoms with Crippen molar-refractivity contribution < 1.29 is 19.0 Å². The minimum Gasteiger partial charge on any atom is -0.465 e. The molecule has 0 bridgehead atoms. The molecule has 1 aliphatic carbocycles. The van der Waals surface area contributed by atoms with Crippen molar-refractivity contribution in [2.24, 2.45) is 0 Å². The molecule has 18 heavy (non-hydrogen) atoms. The van der Waals surface area contributed by atoms with Gasteiger partial charge in [-0.3, -0.25) is 0 Å². The molecule has 1 aliphatic heterocycles. The van der Waals surface area contributed by atoms with Crippen LogP contribution in [-0.2, 0) is 27.1 Å². The van der Waals surface area contributed by atoms with Gasteiger partial charge in [-0.05, 0) is 12.0 Å². The molecule has 5 nitrogen and oxygen atoms in total. The molecule has 1 saturated heterocycles. The number of hydrogen-bond donors (Lipinski definition) is 1. The summed E-state index contributed by atoms with van der Waals surface area (Å²) in [5.74, 6) is -0.841. The highest BCUT2D eigenvalue weighted by atomic mass is 32.1. The highest BCUT2D eigenvalue weighted by molar-refractivity contribution is 7.16. The highest BCUT2D eigenvalue weighted by Gasteiger charge is 2.42. The minimum absolute atomic E-state index is 0.353. The zero-order chi connectivity index (χ0) is 12.8. The first kappa shape index (κ1) is 12.0. The normalized spacial score (nSPS) is 20.9. The Morgan fingerprint density at radius 3 is 2.83 bits per heavy atom. The van der Waals surface area contributed by atoms with Gasteiger partial charge in [0.05, 0.1) is 25.9 Å². The van der Waals surface area contributed by atoms with Gasteiger partial charge in [0, 0.05) is 17.7 Å². The molecule has 0 radical (unpaired) electrons. The molecule has 0 atom stereocenters. The smallest absolute Gasteiger partial charge is 0.341 e. The minimum atomic E-state index is -0.488. The molecule has 3 rings (SSSR count). The second-order valence-corrected chi connectivity index (χ2v) is 5.66. The Kier molecular flexibility index (Phi) is 2.80. The fraction of sp³-hybridized carbons (Fsp3) is 0.583. The molecule has 1 aromatic rings. The van der Waals surface area contributed by atoms with E-state index in [4.69, 9.17) is 19.9 Å². The number of esters is 1. The Morgan fingerprint density at radius 2 is 2.17 bits per heavy atom. The molecule has 2 aliphatic rings. The summed E-state index contributed by atoms with van der Waals surface area (Å²) in [4.78, 5) is 12.8. The number of thiophene rings is 1. The van der Waals surface area contributed by atoms with Crippen LogP contribution in [0.5, 0.6) is 0 Å². The topological polar surface area (TPSA) is 70.8 Å². The van der Waals surface area contributed by atoms with Crippen molar-refractivity contribution in [1.82, 2.24) is 0 Å². The summed E-state index contributed by atoms with van der Waals surface area (Å²) in [5.41, 5.74) is 7.46. The first-order valence-electron chi connectivity index (χ1n) is 5.91. The number of fused-ring (bicyclic) bond motifs is 1. The van der Waals surface area contributed by atoms with Crippen LogP contribution in [0.15, 0.2) is 0 Å². The third kappa shape index (κ3) is 1.72. The summed E-state index contributed by atoms with van der Waals surface area (Å²) in [6, 6.07) is 0. The number of hydrogen-bond acceptors (Lipinski definition) is 6. The van der Waals surface area contributed by atoms with Crippen molar-refractivity contribution in [3.05, 3.63) is 16.0 Å². The fourth-order valence-corrected chi connectivity index (χ4v) is 3.85. The molecule has 0 amide bonds. The van der Waals surface area contributed by atoms with E-state index in [1.165, 1.54) is 18.4 Å². The predicted octanol–water partition coefficient (Wildman–Crippen LogP) is 1.35. The van der Waals surface area contributed by atoms with E-state index in [-0.39, 0.29) is 5.97 Å². The van der Waals surface area contributed by atoms with Gasteiger partial charge in [0.1, 0.15) is 5.00 Å². The summed E-state index contributed by atoms with van der Waals surface area (Å²) < 4.78 is 16.2. The van der Waals surface area contributed by atoms with Crippen LogP contribution in [0.4, 0.5) is 5.00 Å². The summed E-state index contributed by atoms with van der Waals surface area (Å²) in [6.45, 7) is 1.28. The maximum atomic E-state index is 11.7. The van der Waals surface area contributed by atoms with Gasteiger partial charge in [-0.2, -0.15) is 0 Å². The lowest BCUT2D eigenvalue weighted by atomic mass is 9.91. The lowest BCUT2D eigenvalue weighted by Gasteiger charge is -2.31. The van der Waals surface area contributed by atoms with Crippen LogP contribution in [-0.4, -0.2) is 32.1 Å². The molecule has 1 aromatic heterocycles. The third-order valence-corrected chi connectivity index (χ3v) is 4.57. The van der Waals surface area contributed by atoms with Gasteiger partial charge in [-0.15, -0.1) is 11.3 Å². The van der Waals surface area contributed by atoms with E-state index in [0.29, 0.717) is 30.2 Å². The second kappa shape index (κ2) is 4.22.